The molecule has 0 atom stereocenters. The van der Waals surface area contributed by atoms with Crippen LogP contribution in [0.5, 0.6) is 57.9 Å². The van der Waals surface area contributed by atoms with E-state index in [0.717, 1.165) is 118 Å². The molecule has 109 heavy (non-hydrogen) atoms. The summed E-state index contributed by atoms with van der Waals surface area (Å²) in [5, 5.41) is 89.8. The molecule has 0 saturated heterocycles. The standard InChI is InChI=1S/C34H30N2O3.C30H28N2O4.C29H22N2O3/c1-2-3-4-9-18-39-33-21-31(35-34(36-33)28-17-15-23(37)19-32(28)38)30-20-29-24-11-6-5-10-22(24)14-16-27(29)25-12-7-8-13-26(25)30;1-2-3-4-7-12-36-28-18-25(31-30(32-28)29-26(34)16-24(33)17-27(29)35)22-11-10-21-13-19-8-5-6-9-20(19)14-23(21)15-22;1-2-14-34-26-16-24(30-29(31-26)23-13-10-20(32)15-25(23)33)21-11-8-19-7-6-17-4-3-5-18-9-12-22(21)28(19)27(17)18/h5-8,10-17,19-21,37-38H,2-4,9,18H2,1H3;5-6,8-11,13-18,33-35H,2-4,7,12H2,1H3;3-13,15-16,32-33H,2,14H2,1H3. The molecule has 3 aromatic heterocycles. The summed E-state index contributed by atoms with van der Waals surface area (Å²) in [6.07, 6.45) is 9.47. The van der Waals surface area contributed by atoms with Gasteiger partial charge < -0.3 is 50.0 Å². The minimum absolute atomic E-state index is 0.0211. The number of nitrogens with zero attached hydrogens (tertiary/aromatic N) is 6. The van der Waals surface area contributed by atoms with Crippen LogP contribution >= 0.6 is 0 Å². The van der Waals surface area contributed by atoms with E-state index in [0.29, 0.717) is 77.3 Å². The smallest absolute Gasteiger partial charge is 0.217 e. The topological polar surface area (TPSA) is 247 Å². The molecule has 0 amide bonds. The van der Waals surface area contributed by atoms with Crippen molar-refractivity contribution in [2.75, 3.05) is 19.8 Å². The van der Waals surface area contributed by atoms with Crippen molar-refractivity contribution in [1.82, 2.24) is 29.9 Å². The number of hydrogen-bond donors (Lipinski definition) is 7. The summed E-state index contributed by atoms with van der Waals surface area (Å²) in [4.78, 5) is 28.1. The third kappa shape index (κ3) is 15.3. The maximum absolute atomic E-state index is 10.6. The van der Waals surface area contributed by atoms with Crippen molar-refractivity contribution < 1.29 is 50.0 Å². The van der Waals surface area contributed by atoms with Crippen LogP contribution in [0.15, 0.2) is 243 Å². The number of aromatic hydroxyl groups is 7. The number of phenols is 7. The van der Waals surface area contributed by atoms with Gasteiger partial charge in [-0.1, -0.05) is 211 Å². The van der Waals surface area contributed by atoms with Crippen molar-refractivity contribution >= 4 is 86.2 Å². The summed E-state index contributed by atoms with van der Waals surface area (Å²) in [5.74, 6) is 0.958. The lowest BCUT2D eigenvalue weighted by Crippen LogP contribution is -2.02. The van der Waals surface area contributed by atoms with Gasteiger partial charge in [-0.3, -0.25) is 0 Å². The summed E-state index contributed by atoms with van der Waals surface area (Å²) < 4.78 is 18.0. The first-order valence-electron chi connectivity index (χ1n) is 37.0. The fraction of sp³-hybridized carbons (Fsp3) is 0.161. The molecule has 7 N–H and O–H groups in total. The predicted octanol–water partition coefficient (Wildman–Crippen LogP) is 22.7. The van der Waals surface area contributed by atoms with Gasteiger partial charge in [-0.25, -0.2) is 15.0 Å². The number of fused-ring (bicyclic) bond motifs is 7. The van der Waals surface area contributed by atoms with Crippen LogP contribution in [0.4, 0.5) is 0 Å². The van der Waals surface area contributed by atoms with Gasteiger partial charge in [-0.05, 0) is 154 Å². The molecular weight excluding hydrogens is 1360 g/mol. The van der Waals surface area contributed by atoms with E-state index < -0.39 is 0 Å². The van der Waals surface area contributed by atoms with Crippen LogP contribution in [0.25, 0.3) is 154 Å². The molecule has 17 rings (SSSR count). The molecule has 14 aromatic carbocycles. The highest BCUT2D eigenvalue weighted by molar-refractivity contribution is 6.25. The predicted molar refractivity (Wildman–Crippen MR) is 437 cm³/mol. The zero-order valence-electron chi connectivity index (χ0n) is 60.6. The van der Waals surface area contributed by atoms with Crippen molar-refractivity contribution in [3.63, 3.8) is 0 Å². The summed E-state index contributed by atoms with van der Waals surface area (Å²) in [5.41, 5.74) is 5.71. The van der Waals surface area contributed by atoms with E-state index in [4.69, 9.17) is 24.2 Å². The molecular formula is C93H80N6O10. The van der Waals surface area contributed by atoms with Crippen LogP contribution in [-0.2, 0) is 0 Å². The number of phenolic OH excluding ortho intramolecular Hbond substituents is 7. The van der Waals surface area contributed by atoms with Crippen LogP contribution in [0, 0.1) is 0 Å². The van der Waals surface area contributed by atoms with Crippen LogP contribution in [0.2, 0.25) is 0 Å². The van der Waals surface area contributed by atoms with Gasteiger partial charge in [0.15, 0.2) is 17.5 Å². The average molecular weight is 1440 g/mol. The quantitative estimate of drug-likeness (QED) is 0.0201. The minimum Gasteiger partial charge on any atom is -0.508 e. The maximum Gasteiger partial charge on any atom is 0.217 e. The molecule has 0 aliphatic rings. The molecule has 17 aromatic rings. The van der Waals surface area contributed by atoms with E-state index >= 15 is 0 Å². The van der Waals surface area contributed by atoms with Gasteiger partial charge in [-0.15, -0.1) is 0 Å². The monoisotopic (exact) mass is 1440 g/mol. The average Bonchev–Trinajstić information content (AvgIpc) is 0.742. The molecule has 0 unspecified atom stereocenters. The van der Waals surface area contributed by atoms with Crippen LogP contribution < -0.4 is 14.2 Å². The van der Waals surface area contributed by atoms with Crippen molar-refractivity contribution in [1.29, 1.82) is 0 Å². The summed E-state index contributed by atoms with van der Waals surface area (Å²) in [6, 6.07) is 77.8. The van der Waals surface area contributed by atoms with Gasteiger partial charge in [0.1, 0.15) is 45.8 Å². The van der Waals surface area contributed by atoms with Gasteiger partial charge in [0.2, 0.25) is 17.6 Å². The lowest BCUT2D eigenvalue weighted by molar-refractivity contribution is 0.293. The molecule has 0 fully saturated rings. The normalized spacial score (nSPS) is 11.4. The summed E-state index contributed by atoms with van der Waals surface area (Å²) >= 11 is 0. The van der Waals surface area contributed by atoms with E-state index in [-0.39, 0.29) is 51.6 Å². The first-order chi connectivity index (χ1) is 53.2. The number of ether oxygens (including phenoxy) is 3. The minimum atomic E-state index is -0.316. The highest BCUT2D eigenvalue weighted by Crippen LogP contribution is 2.45. The van der Waals surface area contributed by atoms with Gasteiger partial charge in [0.25, 0.3) is 0 Å². The fourth-order valence-electron chi connectivity index (χ4n) is 14.3. The number of aromatic nitrogens is 6. The Kier molecular flexibility index (Phi) is 20.8. The zero-order valence-corrected chi connectivity index (χ0v) is 60.6. The molecule has 542 valence electrons. The second-order valence-corrected chi connectivity index (χ2v) is 27.3. The molecule has 0 aliphatic carbocycles. The SMILES string of the molecule is CCCCCCOc1cc(-c2cc3c4ccccc4ccc3c3ccccc23)nc(-c2ccc(O)cc2O)n1.CCCCCCOc1cc(-c2ccc3cc4ccccc4cc3c2)nc(-c2c(O)cc(O)cc2O)n1.CCCOc1cc(-c2ccc3ccc4cccc5ccc2c3c45)nc(-c2ccc(O)cc2O)n1. The second kappa shape index (κ2) is 31.8. The number of rotatable bonds is 21. The Morgan fingerprint density at radius 2 is 0.706 bits per heavy atom. The van der Waals surface area contributed by atoms with E-state index in [1.54, 1.807) is 18.2 Å². The Bertz CT molecular complexity index is 6190. The molecule has 0 aliphatic heterocycles. The Morgan fingerprint density at radius 3 is 1.32 bits per heavy atom. The van der Waals surface area contributed by atoms with E-state index in [9.17, 15) is 35.7 Å². The molecule has 0 bridgehead atoms. The zero-order chi connectivity index (χ0) is 75.1. The van der Waals surface area contributed by atoms with E-state index in [1.165, 1.54) is 79.2 Å². The van der Waals surface area contributed by atoms with Crippen molar-refractivity contribution in [3.05, 3.63) is 243 Å². The van der Waals surface area contributed by atoms with E-state index in [2.05, 4.69) is 185 Å². The Hall–Kier alpha value is -13.3. The number of benzene rings is 14. The molecule has 16 nitrogen and oxygen atoms in total. The lowest BCUT2D eigenvalue weighted by Gasteiger charge is -2.15. The third-order valence-electron chi connectivity index (χ3n) is 19.7. The maximum atomic E-state index is 10.6. The van der Waals surface area contributed by atoms with Crippen molar-refractivity contribution in [2.24, 2.45) is 0 Å². The molecule has 0 radical (unpaired) electrons. The summed E-state index contributed by atoms with van der Waals surface area (Å²) in [7, 11) is 0. The third-order valence-corrected chi connectivity index (χ3v) is 19.7. The van der Waals surface area contributed by atoms with Gasteiger partial charge in [0.05, 0.1) is 48.0 Å². The van der Waals surface area contributed by atoms with Crippen LogP contribution in [-0.4, -0.2) is 85.5 Å². The molecule has 0 spiro atoms. The van der Waals surface area contributed by atoms with Gasteiger partial charge in [-0.2, -0.15) is 15.0 Å². The Balaban J connectivity index is 0.000000130. The highest BCUT2D eigenvalue weighted by Gasteiger charge is 2.22. The van der Waals surface area contributed by atoms with Gasteiger partial charge in [0, 0.05) is 59.2 Å². The Labute approximate surface area is 629 Å². The largest absolute Gasteiger partial charge is 0.508 e. The lowest BCUT2D eigenvalue weighted by atomic mass is 9.91. The van der Waals surface area contributed by atoms with E-state index in [1.807, 2.05) is 43.3 Å². The molecule has 3 heterocycles. The first kappa shape index (κ1) is 71.3. The van der Waals surface area contributed by atoms with Crippen LogP contribution in [0.3, 0.4) is 0 Å². The summed E-state index contributed by atoms with van der Waals surface area (Å²) in [6.45, 7) is 7.97. The molecule has 16 heteroatoms. The van der Waals surface area contributed by atoms with Gasteiger partial charge >= 0.3 is 0 Å². The highest BCUT2D eigenvalue weighted by atomic mass is 16.5. The molecule has 0 saturated carbocycles. The number of hydrogen-bond acceptors (Lipinski definition) is 16. The first-order valence-corrected chi connectivity index (χ1v) is 37.0. The second-order valence-electron chi connectivity index (χ2n) is 27.3. The Morgan fingerprint density at radius 1 is 0.257 bits per heavy atom. The van der Waals surface area contributed by atoms with Crippen molar-refractivity contribution in [2.45, 2.75) is 78.6 Å². The van der Waals surface area contributed by atoms with Crippen molar-refractivity contribution in [3.8, 4) is 126 Å². The number of unbranched alkanes of at least 4 members (excludes halogenated alkanes) is 6. The van der Waals surface area contributed by atoms with Crippen LogP contribution in [0.1, 0.15) is 78.6 Å². The fourth-order valence-corrected chi connectivity index (χ4v) is 14.3.